The van der Waals surface area contributed by atoms with Crippen LogP contribution in [0.1, 0.15) is 10.6 Å². The monoisotopic (exact) mass is 305 g/mol. The fourth-order valence-corrected chi connectivity index (χ4v) is 2.11. The van der Waals surface area contributed by atoms with Gasteiger partial charge in [0, 0.05) is 19.3 Å². The van der Waals surface area contributed by atoms with Crippen LogP contribution in [-0.4, -0.2) is 47.0 Å². The molecule has 0 bridgehead atoms. The lowest BCUT2D eigenvalue weighted by Crippen LogP contribution is -2.34. The van der Waals surface area contributed by atoms with E-state index >= 15 is 0 Å². The Bertz CT molecular complexity index is 645. The average Bonchev–Trinajstić information content (AvgIpc) is 3.14. The van der Waals surface area contributed by atoms with E-state index in [-0.39, 0.29) is 22.4 Å². The minimum Gasteiger partial charge on any atom is -0.465 e. The van der Waals surface area contributed by atoms with Gasteiger partial charge in [0.2, 0.25) is 0 Å². The smallest absolute Gasteiger partial charge is 0.350 e. The molecule has 1 aromatic heterocycles. The highest BCUT2D eigenvalue weighted by molar-refractivity contribution is 7.80. The predicted molar refractivity (Wildman–Crippen MR) is 74.8 cm³/mol. The SMILES string of the molecule is COC(=O)/C(C#N)=C/N1CCN(C(=O)c2ccco2)C1=S. The lowest BCUT2D eigenvalue weighted by molar-refractivity contribution is -0.135. The van der Waals surface area contributed by atoms with Gasteiger partial charge in [0.05, 0.1) is 13.4 Å². The molecule has 1 aromatic rings. The molecule has 1 fully saturated rings. The van der Waals surface area contributed by atoms with Gasteiger partial charge in [-0.25, -0.2) is 4.79 Å². The number of hydrogen-bond acceptors (Lipinski definition) is 6. The molecule has 21 heavy (non-hydrogen) atoms. The van der Waals surface area contributed by atoms with Gasteiger partial charge in [-0.15, -0.1) is 0 Å². The minimum absolute atomic E-state index is 0.177. The first kappa shape index (κ1) is 14.7. The predicted octanol–water partition coefficient (Wildman–Crippen LogP) is 0.903. The maximum atomic E-state index is 12.2. The Labute approximate surface area is 126 Å². The summed E-state index contributed by atoms with van der Waals surface area (Å²) < 4.78 is 9.52. The third kappa shape index (κ3) is 2.93. The van der Waals surface area contributed by atoms with Crippen LogP contribution in [0.4, 0.5) is 0 Å². The number of furan rings is 1. The van der Waals surface area contributed by atoms with Crippen molar-refractivity contribution in [1.82, 2.24) is 9.80 Å². The van der Waals surface area contributed by atoms with Crippen molar-refractivity contribution in [3.63, 3.8) is 0 Å². The van der Waals surface area contributed by atoms with Crippen molar-refractivity contribution in [3.8, 4) is 6.07 Å². The molecular weight excluding hydrogens is 294 g/mol. The van der Waals surface area contributed by atoms with Crippen molar-refractivity contribution < 1.29 is 18.7 Å². The lowest BCUT2D eigenvalue weighted by atomic mass is 10.3. The van der Waals surface area contributed by atoms with Crippen molar-refractivity contribution in [2.24, 2.45) is 0 Å². The molecule has 7 nitrogen and oxygen atoms in total. The van der Waals surface area contributed by atoms with E-state index < -0.39 is 5.97 Å². The van der Waals surface area contributed by atoms with E-state index in [1.54, 1.807) is 18.2 Å². The fourth-order valence-electron chi connectivity index (χ4n) is 1.79. The van der Waals surface area contributed by atoms with Gasteiger partial charge in [0.25, 0.3) is 5.91 Å². The van der Waals surface area contributed by atoms with Crippen LogP contribution < -0.4 is 0 Å². The third-order valence-corrected chi connectivity index (χ3v) is 3.28. The second kappa shape index (κ2) is 6.19. The van der Waals surface area contributed by atoms with Crippen LogP contribution in [0.25, 0.3) is 0 Å². The lowest BCUT2D eigenvalue weighted by Gasteiger charge is -2.16. The van der Waals surface area contributed by atoms with Crippen molar-refractivity contribution >= 4 is 29.2 Å². The molecule has 0 aromatic carbocycles. The maximum Gasteiger partial charge on any atom is 0.350 e. The summed E-state index contributed by atoms with van der Waals surface area (Å²) in [6.45, 7) is 0.724. The van der Waals surface area contributed by atoms with Crippen molar-refractivity contribution in [2.75, 3.05) is 20.2 Å². The molecule has 0 saturated carbocycles. The van der Waals surface area contributed by atoms with Gasteiger partial charge in [0.15, 0.2) is 16.4 Å². The van der Waals surface area contributed by atoms with Gasteiger partial charge in [-0.2, -0.15) is 5.26 Å². The molecule has 1 aliphatic heterocycles. The highest BCUT2D eigenvalue weighted by Crippen LogP contribution is 2.15. The van der Waals surface area contributed by atoms with Crippen LogP contribution in [0.3, 0.4) is 0 Å². The number of thiocarbonyl (C=S) groups is 1. The molecule has 1 aliphatic rings. The molecule has 8 heteroatoms. The molecular formula is C13H11N3O4S. The first-order chi connectivity index (χ1) is 10.1. The zero-order chi connectivity index (χ0) is 15.4. The number of nitrogens with zero attached hydrogens (tertiary/aromatic N) is 3. The summed E-state index contributed by atoms with van der Waals surface area (Å²) in [5.74, 6) is -0.940. The van der Waals surface area contributed by atoms with E-state index in [2.05, 4.69) is 4.74 Å². The number of carbonyl (C=O) groups is 2. The highest BCUT2D eigenvalue weighted by atomic mass is 32.1. The first-order valence-corrected chi connectivity index (χ1v) is 6.35. The van der Waals surface area contributed by atoms with Crippen molar-refractivity contribution in [1.29, 1.82) is 5.26 Å². The Balaban J connectivity index is 2.15. The van der Waals surface area contributed by atoms with Crippen molar-refractivity contribution in [3.05, 3.63) is 35.9 Å². The molecule has 0 radical (unpaired) electrons. The van der Waals surface area contributed by atoms with E-state index in [0.29, 0.717) is 13.1 Å². The first-order valence-electron chi connectivity index (χ1n) is 5.94. The number of carbonyl (C=O) groups excluding carboxylic acids is 2. The number of rotatable bonds is 3. The normalized spacial score (nSPS) is 15.0. The molecule has 0 unspecified atom stereocenters. The summed E-state index contributed by atoms with van der Waals surface area (Å²) >= 11 is 5.18. The van der Waals surface area contributed by atoms with Crippen LogP contribution in [0.15, 0.2) is 34.6 Å². The topological polar surface area (TPSA) is 86.8 Å². The van der Waals surface area contributed by atoms with Gasteiger partial charge in [-0.1, -0.05) is 0 Å². The Morgan fingerprint density at radius 3 is 2.86 bits per heavy atom. The zero-order valence-electron chi connectivity index (χ0n) is 11.1. The molecule has 0 N–H and O–H groups in total. The van der Waals surface area contributed by atoms with Crippen molar-refractivity contribution in [2.45, 2.75) is 0 Å². The Morgan fingerprint density at radius 2 is 2.29 bits per heavy atom. The Kier molecular flexibility index (Phi) is 4.35. The van der Waals surface area contributed by atoms with E-state index in [4.69, 9.17) is 21.9 Å². The van der Waals surface area contributed by atoms with E-state index in [9.17, 15) is 9.59 Å². The average molecular weight is 305 g/mol. The summed E-state index contributed by atoms with van der Waals surface area (Å²) in [7, 11) is 1.18. The molecule has 0 aliphatic carbocycles. The molecule has 0 atom stereocenters. The summed E-state index contributed by atoms with van der Waals surface area (Å²) in [6, 6.07) is 4.88. The molecule has 1 amide bonds. The molecule has 2 rings (SSSR count). The number of methoxy groups -OCH3 is 1. The van der Waals surface area contributed by atoms with Gasteiger partial charge in [0.1, 0.15) is 6.07 Å². The fraction of sp³-hybridized carbons (Fsp3) is 0.231. The quantitative estimate of drug-likeness (QED) is 0.355. The number of ether oxygens (including phenoxy) is 1. The van der Waals surface area contributed by atoms with Gasteiger partial charge < -0.3 is 14.1 Å². The Morgan fingerprint density at radius 1 is 1.52 bits per heavy atom. The van der Waals surface area contributed by atoms with E-state index in [1.165, 1.54) is 29.4 Å². The third-order valence-electron chi connectivity index (χ3n) is 2.83. The van der Waals surface area contributed by atoms with E-state index in [1.807, 2.05) is 0 Å². The standard InChI is InChI=1S/C13H11N3O4S/c1-19-12(18)9(7-14)8-15-4-5-16(13(15)21)11(17)10-3-2-6-20-10/h2-3,6,8H,4-5H2,1H3/b9-8+. The van der Waals surface area contributed by atoms with Crippen LogP contribution in [0.2, 0.25) is 0 Å². The molecule has 0 spiro atoms. The highest BCUT2D eigenvalue weighted by Gasteiger charge is 2.31. The van der Waals surface area contributed by atoms with Crippen LogP contribution >= 0.6 is 12.2 Å². The molecule has 108 valence electrons. The van der Waals surface area contributed by atoms with Crippen LogP contribution in [0.5, 0.6) is 0 Å². The van der Waals surface area contributed by atoms with Crippen LogP contribution in [0, 0.1) is 11.3 Å². The summed E-state index contributed by atoms with van der Waals surface area (Å²) in [5.41, 5.74) is -0.188. The summed E-state index contributed by atoms with van der Waals surface area (Å²) in [5, 5.41) is 9.12. The summed E-state index contributed by atoms with van der Waals surface area (Å²) in [4.78, 5) is 26.3. The Hall–Kier alpha value is -2.66. The largest absolute Gasteiger partial charge is 0.465 e. The van der Waals surface area contributed by atoms with Gasteiger partial charge in [-0.05, 0) is 24.4 Å². The summed E-state index contributed by atoms with van der Waals surface area (Å²) in [6.07, 6.45) is 2.68. The molecule has 1 saturated heterocycles. The maximum absolute atomic E-state index is 12.2. The number of nitriles is 1. The zero-order valence-corrected chi connectivity index (χ0v) is 11.9. The minimum atomic E-state index is -0.754. The molecule has 2 heterocycles. The van der Waals surface area contributed by atoms with Crippen LogP contribution in [-0.2, 0) is 9.53 Å². The van der Waals surface area contributed by atoms with Gasteiger partial charge >= 0.3 is 5.97 Å². The van der Waals surface area contributed by atoms with E-state index in [0.717, 1.165) is 0 Å². The second-order valence-electron chi connectivity index (χ2n) is 4.06. The number of esters is 1. The van der Waals surface area contributed by atoms with Gasteiger partial charge in [-0.3, -0.25) is 9.69 Å². The second-order valence-corrected chi connectivity index (χ2v) is 4.42. The number of amides is 1. The number of hydrogen-bond donors (Lipinski definition) is 0.